The van der Waals surface area contributed by atoms with Gasteiger partial charge in [-0.05, 0) is 30.7 Å². The van der Waals surface area contributed by atoms with Crippen LogP contribution in [0.1, 0.15) is 18.9 Å². The average Bonchev–Trinajstić information content (AvgIpc) is 2.47. The molecule has 21 heavy (non-hydrogen) atoms. The number of aliphatic hydroxyl groups is 1. The van der Waals surface area contributed by atoms with Crippen LogP contribution in [0.2, 0.25) is 0 Å². The summed E-state index contributed by atoms with van der Waals surface area (Å²) in [7, 11) is -3.60. The van der Waals surface area contributed by atoms with E-state index in [2.05, 4.69) is 18.8 Å². The van der Waals surface area contributed by atoms with Crippen molar-refractivity contribution in [2.24, 2.45) is 0 Å². The van der Waals surface area contributed by atoms with Crippen molar-refractivity contribution in [1.29, 1.82) is 0 Å². The van der Waals surface area contributed by atoms with Crippen molar-refractivity contribution >= 4 is 10.0 Å². The standard InChI is InChI=1S/C15H24N2O3S/c1-3-8-16-13-14-6-5-7-15(12-14)21(19,20)17(9-4-2)10-11-18/h4-7,12,16,18H,2-3,8-11,13H2,1H3. The molecular formula is C15H24N2O3S. The summed E-state index contributed by atoms with van der Waals surface area (Å²) in [4.78, 5) is 0.244. The van der Waals surface area contributed by atoms with Crippen molar-refractivity contribution in [1.82, 2.24) is 9.62 Å². The Bertz CT molecular complexity index is 544. The number of aliphatic hydroxyl groups excluding tert-OH is 1. The topological polar surface area (TPSA) is 69.6 Å². The summed E-state index contributed by atoms with van der Waals surface area (Å²) in [5.74, 6) is 0. The average molecular weight is 312 g/mol. The van der Waals surface area contributed by atoms with Gasteiger partial charge in [0.1, 0.15) is 0 Å². The number of nitrogens with zero attached hydrogens (tertiary/aromatic N) is 1. The van der Waals surface area contributed by atoms with Gasteiger partial charge in [0.2, 0.25) is 10.0 Å². The van der Waals surface area contributed by atoms with E-state index < -0.39 is 10.0 Å². The van der Waals surface area contributed by atoms with Crippen LogP contribution in [0.5, 0.6) is 0 Å². The summed E-state index contributed by atoms with van der Waals surface area (Å²) in [6.07, 6.45) is 2.54. The van der Waals surface area contributed by atoms with E-state index in [1.165, 1.54) is 10.4 Å². The number of sulfonamides is 1. The Hall–Kier alpha value is -1.21. The minimum Gasteiger partial charge on any atom is -0.395 e. The normalized spacial score (nSPS) is 11.8. The molecule has 0 amide bonds. The van der Waals surface area contributed by atoms with Crippen molar-refractivity contribution in [2.45, 2.75) is 24.8 Å². The molecule has 1 rings (SSSR count). The first-order chi connectivity index (χ1) is 10.1. The summed E-state index contributed by atoms with van der Waals surface area (Å²) in [6, 6.07) is 6.88. The fraction of sp³-hybridized carbons (Fsp3) is 0.467. The summed E-state index contributed by atoms with van der Waals surface area (Å²) in [6.45, 7) is 7.20. The molecule has 118 valence electrons. The van der Waals surface area contributed by atoms with Gasteiger partial charge in [-0.15, -0.1) is 6.58 Å². The lowest BCUT2D eigenvalue weighted by molar-refractivity contribution is 0.260. The number of rotatable bonds is 10. The molecule has 0 fully saturated rings. The minimum absolute atomic E-state index is 0.0622. The molecule has 0 bridgehead atoms. The Morgan fingerprint density at radius 3 is 2.81 bits per heavy atom. The maximum absolute atomic E-state index is 12.5. The third-order valence-electron chi connectivity index (χ3n) is 2.97. The maximum atomic E-state index is 12.5. The Labute approximate surface area is 127 Å². The molecule has 1 aromatic carbocycles. The number of hydrogen-bond donors (Lipinski definition) is 2. The summed E-state index contributed by atoms with van der Waals surface area (Å²) >= 11 is 0. The zero-order valence-corrected chi connectivity index (χ0v) is 13.3. The molecule has 0 aliphatic carbocycles. The summed E-state index contributed by atoms with van der Waals surface area (Å²) < 4.78 is 26.3. The van der Waals surface area contributed by atoms with Gasteiger partial charge in [0.25, 0.3) is 0 Å². The number of nitrogens with one attached hydrogen (secondary N) is 1. The monoisotopic (exact) mass is 312 g/mol. The Morgan fingerprint density at radius 2 is 2.19 bits per heavy atom. The van der Waals surface area contributed by atoms with E-state index in [-0.39, 0.29) is 24.6 Å². The maximum Gasteiger partial charge on any atom is 0.243 e. The zero-order valence-electron chi connectivity index (χ0n) is 12.5. The highest BCUT2D eigenvalue weighted by Crippen LogP contribution is 2.17. The molecule has 2 N–H and O–H groups in total. The van der Waals surface area contributed by atoms with Crippen LogP contribution in [-0.2, 0) is 16.6 Å². The van der Waals surface area contributed by atoms with E-state index in [1.54, 1.807) is 18.2 Å². The van der Waals surface area contributed by atoms with Crippen LogP contribution in [-0.4, -0.2) is 44.1 Å². The fourth-order valence-electron chi connectivity index (χ4n) is 1.94. The highest BCUT2D eigenvalue weighted by molar-refractivity contribution is 7.89. The quantitative estimate of drug-likeness (QED) is 0.505. The van der Waals surface area contributed by atoms with Gasteiger partial charge < -0.3 is 10.4 Å². The predicted molar refractivity (Wildman–Crippen MR) is 84.5 cm³/mol. The fourth-order valence-corrected chi connectivity index (χ4v) is 3.41. The van der Waals surface area contributed by atoms with Crippen LogP contribution in [0.25, 0.3) is 0 Å². The molecule has 0 atom stereocenters. The SMILES string of the molecule is C=CCN(CCO)S(=O)(=O)c1cccc(CNCCC)c1. The van der Waals surface area contributed by atoms with Crippen LogP contribution < -0.4 is 5.32 Å². The lowest BCUT2D eigenvalue weighted by atomic mass is 10.2. The molecule has 5 nitrogen and oxygen atoms in total. The molecule has 0 heterocycles. The summed E-state index contributed by atoms with van der Waals surface area (Å²) in [5.41, 5.74) is 0.923. The number of benzene rings is 1. The molecule has 0 aromatic heterocycles. The van der Waals surface area contributed by atoms with E-state index in [4.69, 9.17) is 5.11 Å². The Balaban J connectivity index is 2.95. The van der Waals surface area contributed by atoms with Gasteiger partial charge in [0, 0.05) is 19.6 Å². The van der Waals surface area contributed by atoms with Crippen molar-refractivity contribution in [2.75, 3.05) is 26.2 Å². The Kier molecular flexibility index (Phi) is 7.60. The predicted octanol–water partition coefficient (Wildman–Crippen LogP) is 1.36. The van der Waals surface area contributed by atoms with E-state index in [0.29, 0.717) is 6.54 Å². The summed E-state index contributed by atoms with van der Waals surface area (Å²) in [5, 5.41) is 12.3. The second-order valence-corrected chi connectivity index (χ2v) is 6.64. The second kappa shape index (κ2) is 8.94. The number of hydrogen-bond acceptors (Lipinski definition) is 4. The van der Waals surface area contributed by atoms with Crippen molar-refractivity contribution in [3.8, 4) is 0 Å². The van der Waals surface area contributed by atoms with Crippen LogP contribution in [0.4, 0.5) is 0 Å². The smallest absolute Gasteiger partial charge is 0.243 e. The van der Waals surface area contributed by atoms with Crippen LogP contribution in [0.3, 0.4) is 0 Å². The second-order valence-electron chi connectivity index (χ2n) is 4.70. The van der Waals surface area contributed by atoms with E-state index in [1.807, 2.05) is 6.07 Å². The largest absolute Gasteiger partial charge is 0.395 e. The van der Waals surface area contributed by atoms with Crippen LogP contribution in [0.15, 0.2) is 41.8 Å². The molecule has 1 aromatic rings. The molecule has 0 spiro atoms. The molecule has 0 aliphatic heterocycles. The van der Waals surface area contributed by atoms with Gasteiger partial charge in [-0.1, -0.05) is 25.1 Å². The highest BCUT2D eigenvalue weighted by atomic mass is 32.2. The van der Waals surface area contributed by atoms with Gasteiger partial charge in [-0.2, -0.15) is 4.31 Å². The van der Waals surface area contributed by atoms with Gasteiger partial charge in [-0.25, -0.2) is 8.42 Å². The molecule has 0 saturated carbocycles. The lowest BCUT2D eigenvalue weighted by Gasteiger charge is -2.20. The van der Waals surface area contributed by atoms with Crippen molar-refractivity contribution < 1.29 is 13.5 Å². The molecule has 6 heteroatoms. The molecule has 0 aliphatic rings. The third kappa shape index (κ3) is 5.24. The molecule has 0 unspecified atom stereocenters. The Morgan fingerprint density at radius 1 is 1.43 bits per heavy atom. The third-order valence-corrected chi connectivity index (χ3v) is 4.84. The molecular weight excluding hydrogens is 288 g/mol. The van der Waals surface area contributed by atoms with Gasteiger partial charge in [0.15, 0.2) is 0 Å². The van der Waals surface area contributed by atoms with Gasteiger partial charge in [0.05, 0.1) is 11.5 Å². The first-order valence-electron chi connectivity index (χ1n) is 7.07. The van der Waals surface area contributed by atoms with Crippen LogP contribution >= 0.6 is 0 Å². The van der Waals surface area contributed by atoms with Crippen molar-refractivity contribution in [3.05, 3.63) is 42.5 Å². The van der Waals surface area contributed by atoms with Crippen molar-refractivity contribution in [3.63, 3.8) is 0 Å². The molecule has 0 saturated heterocycles. The van der Waals surface area contributed by atoms with Gasteiger partial charge in [-0.3, -0.25) is 0 Å². The lowest BCUT2D eigenvalue weighted by Crippen LogP contribution is -2.33. The first kappa shape index (κ1) is 17.8. The first-order valence-corrected chi connectivity index (χ1v) is 8.51. The van der Waals surface area contributed by atoms with Gasteiger partial charge >= 0.3 is 0 Å². The minimum atomic E-state index is -3.60. The highest BCUT2D eigenvalue weighted by Gasteiger charge is 2.23. The zero-order chi connectivity index (χ0) is 15.7. The van der Waals surface area contributed by atoms with E-state index in [0.717, 1.165) is 18.5 Å². The van der Waals surface area contributed by atoms with E-state index >= 15 is 0 Å². The molecule has 0 radical (unpaired) electrons. The van der Waals surface area contributed by atoms with Crippen LogP contribution in [0, 0.1) is 0 Å². The van der Waals surface area contributed by atoms with E-state index in [9.17, 15) is 8.42 Å².